The number of aromatic amines is 1. The number of fused-ring (bicyclic) bond motifs is 2. The Hall–Kier alpha value is -2.62. The second-order valence-corrected chi connectivity index (χ2v) is 4.15. The molecule has 0 aliphatic heterocycles. The van der Waals surface area contributed by atoms with Crippen LogP contribution in [0.3, 0.4) is 0 Å². The van der Waals surface area contributed by atoms with E-state index in [0.717, 1.165) is 27.5 Å². The van der Waals surface area contributed by atoms with E-state index in [-0.39, 0.29) is 0 Å². The Morgan fingerprint density at radius 1 is 1.06 bits per heavy atom. The van der Waals surface area contributed by atoms with Crippen molar-refractivity contribution in [1.82, 2.24) is 20.0 Å². The molecule has 0 aliphatic carbocycles. The summed E-state index contributed by atoms with van der Waals surface area (Å²) in [5.74, 6) is 0. The number of rotatable bonds is 1. The molecule has 1 radical (unpaired) electrons. The smallest absolute Gasteiger partial charge is 0.123 e. The van der Waals surface area contributed by atoms with Gasteiger partial charge in [-0.3, -0.25) is 5.10 Å². The van der Waals surface area contributed by atoms with Crippen molar-refractivity contribution in [2.75, 3.05) is 0 Å². The number of para-hydroxylation sites is 1. The van der Waals surface area contributed by atoms with Crippen LogP contribution in [0, 0.1) is 6.20 Å². The molecular weight excluding hydrogens is 224 g/mol. The van der Waals surface area contributed by atoms with Crippen molar-refractivity contribution in [3.05, 3.63) is 54.9 Å². The lowest BCUT2D eigenvalue weighted by atomic mass is 10.2. The van der Waals surface area contributed by atoms with E-state index >= 15 is 0 Å². The minimum Gasteiger partial charge on any atom is -0.277 e. The van der Waals surface area contributed by atoms with Gasteiger partial charge in [0.05, 0.1) is 28.3 Å². The van der Waals surface area contributed by atoms with E-state index in [2.05, 4.69) is 33.6 Å². The number of hydrogen-bond acceptors (Lipinski definition) is 2. The fourth-order valence-electron chi connectivity index (χ4n) is 2.24. The number of benzene rings is 2. The van der Waals surface area contributed by atoms with Gasteiger partial charge in [0, 0.05) is 5.39 Å². The molecule has 2 aromatic heterocycles. The van der Waals surface area contributed by atoms with Gasteiger partial charge in [-0.15, -0.1) is 0 Å². The molecule has 0 saturated heterocycles. The molecule has 0 fully saturated rings. The standard InChI is InChI=1S/C14H9N4/c1-2-6-13-10(4-1)8-16-18(13)14-7-3-5-12-11(14)9-15-17-12/h1-8H,(H,15,17). The molecular formula is C14H9N4. The van der Waals surface area contributed by atoms with Gasteiger partial charge < -0.3 is 0 Å². The van der Waals surface area contributed by atoms with Crippen LogP contribution in [0.1, 0.15) is 0 Å². The highest BCUT2D eigenvalue weighted by atomic mass is 15.3. The lowest BCUT2D eigenvalue weighted by Gasteiger charge is -2.04. The van der Waals surface area contributed by atoms with Gasteiger partial charge in [0.25, 0.3) is 0 Å². The average molecular weight is 233 g/mol. The fourth-order valence-corrected chi connectivity index (χ4v) is 2.24. The first-order valence-corrected chi connectivity index (χ1v) is 5.71. The summed E-state index contributed by atoms with van der Waals surface area (Å²) in [7, 11) is 0. The van der Waals surface area contributed by atoms with Crippen molar-refractivity contribution < 1.29 is 0 Å². The van der Waals surface area contributed by atoms with Crippen molar-refractivity contribution in [1.29, 1.82) is 0 Å². The predicted molar refractivity (Wildman–Crippen MR) is 69.6 cm³/mol. The van der Waals surface area contributed by atoms with Gasteiger partial charge in [0.1, 0.15) is 6.20 Å². The van der Waals surface area contributed by atoms with Crippen molar-refractivity contribution in [2.24, 2.45) is 0 Å². The molecule has 0 bridgehead atoms. The van der Waals surface area contributed by atoms with Crippen LogP contribution in [-0.2, 0) is 0 Å². The Bertz CT molecular complexity index is 841. The third kappa shape index (κ3) is 1.20. The average Bonchev–Trinajstić information content (AvgIpc) is 3.05. The third-order valence-corrected chi connectivity index (χ3v) is 3.09. The lowest BCUT2D eigenvalue weighted by Crippen LogP contribution is -1.96. The molecule has 0 amide bonds. The monoisotopic (exact) mass is 233 g/mol. The molecule has 2 aromatic carbocycles. The maximum atomic E-state index is 4.45. The molecule has 1 N–H and O–H groups in total. The zero-order chi connectivity index (χ0) is 11.9. The molecule has 0 atom stereocenters. The normalized spacial score (nSPS) is 11.3. The van der Waals surface area contributed by atoms with Crippen LogP contribution in [0.15, 0.2) is 48.7 Å². The van der Waals surface area contributed by atoms with Crippen molar-refractivity contribution in [3.63, 3.8) is 0 Å². The first-order chi connectivity index (χ1) is 8.93. The van der Waals surface area contributed by atoms with Gasteiger partial charge in [0.2, 0.25) is 0 Å². The van der Waals surface area contributed by atoms with E-state index in [1.54, 1.807) is 0 Å². The van der Waals surface area contributed by atoms with Gasteiger partial charge >= 0.3 is 0 Å². The van der Waals surface area contributed by atoms with E-state index in [0.29, 0.717) is 0 Å². The molecule has 4 nitrogen and oxygen atoms in total. The number of aromatic nitrogens is 4. The Kier molecular flexibility index (Phi) is 1.80. The number of H-pyrrole nitrogens is 1. The molecule has 4 aromatic rings. The lowest BCUT2D eigenvalue weighted by molar-refractivity contribution is 0.918. The van der Waals surface area contributed by atoms with E-state index in [9.17, 15) is 0 Å². The van der Waals surface area contributed by atoms with Crippen LogP contribution in [0.2, 0.25) is 0 Å². The van der Waals surface area contributed by atoms with Crippen LogP contribution < -0.4 is 0 Å². The van der Waals surface area contributed by atoms with Crippen LogP contribution in [0.5, 0.6) is 0 Å². The SMILES string of the molecule is [c]1n[nH]c2cccc(-n3ncc4ccccc43)c12. The Labute approximate surface area is 103 Å². The molecule has 0 unspecified atom stereocenters. The second kappa shape index (κ2) is 3.43. The zero-order valence-electron chi connectivity index (χ0n) is 9.46. The van der Waals surface area contributed by atoms with E-state index in [1.165, 1.54) is 0 Å². The highest BCUT2D eigenvalue weighted by Gasteiger charge is 2.08. The van der Waals surface area contributed by atoms with E-state index in [1.807, 2.05) is 41.2 Å². The van der Waals surface area contributed by atoms with Crippen molar-refractivity contribution in [3.8, 4) is 5.69 Å². The van der Waals surface area contributed by atoms with Gasteiger partial charge in [-0.05, 0) is 18.2 Å². The number of nitrogens with zero attached hydrogens (tertiary/aromatic N) is 3. The largest absolute Gasteiger partial charge is 0.277 e. The summed E-state index contributed by atoms with van der Waals surface area (Å²) in [5.41, 5.74) is 3.04. The van der Waals surface area contributed by atoms with Gasteiger partial charge in [0.15, 0.2) is 0 Å². The van der Waals surface area contributed by atoms with E-state index in [4.69, 9.17) is 0 Å². The second-order valence-electron chi connectivity index (χ2n) is 4.15. The van der Waals surface area contributed by atoms with Crippen LogP contribution >= 0.6 is 0 Å². The minimum atomic E-state index is 0.950. The topological polar surface area (TPSA) is 46.5 Å². The molecule has 0 spiro atoms. The Morgan fingerprint density at radius 3 is 3.00 bits per heavy atom. The third-order valence-electron chi connectivity index (χ3n) is 3.09. The molecule has 4 rings (SSSR count). The quantitative estimate of drug-likeness (QED) is 0.549. The maximum absolute atomic E-state index is 4.45. The summed E-state index contributed by atoms with van der Waals surface area (Å²) in [6.07, 6.45) is 4.84. The first-order valence-electron chi connectivity index (χ1n) is 5.71. The Balaban J connectivity index is 2.10. The maximum Gasteiger partial charge on any atom is 0.123 e. The first kappa shape index (κ1) is 9.41. The number of hydrogen-bond donors (Lipinski definition) is 1. The molecule has 2 heterocycles. The van der Waals surface area contributed by atoms with Gasteiger partial charge in [-0.25, -0.2) is 4.68 Å². The summed E-state index contributed by atoms with van der Waals surface area (Å²) >= 11 is 0. The Morgan fingerprint density at radius 2 is 2.00 bits per heavy atom. The molecule has 0 saturated carbocycles. The number of nitrogens with one attached hydrogen (secondary N) is 1. The highest BCUT2D eigenvalue weighted by Crippen LogP contribution is 2.23. The van der Waals surface area contributed by atoms with Crippen LogP contribution in [0.4, 0.5) is 0 Å². The van der Waals surface area contributed by atoms with Gasteiger partial charge in [-0.2, -0.15) is 10.2 Å². The molecule has 85 valence electrons. The van der Waals surface area contributed by atoms with Crippen LogP contribution in [0.25, 0.3) is 27.5 Å². The zero-order valence-corrected chi connectivity index (χ0v) is 9.46. The van der Waals surface area contributed by atoms with Gasteiger partial charge in [-0.1, -0.05) is 24.3 Å². The predicted octanol–water partition coefficient (Wildman–Crippen LogP) is 2.70. The van der Waals surface area contributed by atoms with Crippen molar-refractivity contribution in [2.45, 2.75) is 0 Å². The molecule has 18 heavy (non-hydrogen) atoms. The highest BCUT2D eigenvalue weighted by molar-refractivity contribution is 5.89. The molecule has 4 heteroatoms. The summed E-state index contributed by atoms with van der Waals surface area (Å²) in [6, 6.07) is 14.1. The van der Waals surface area contributed by atoms with Crippen LogP contribution in [-0.4, -0.2) is 20.0 Å². The summed E-state index contributed by atoms with van der Waals surface area (Å²) < 4.78 is 1.92. The summed E-state index contributed by atoms with van der Waals surface area (Å²) in [4.78, 5) is 0. The minimum absolute atomic E-state index is 0.950. The molecule has 0 aliphatic rings. The van der Waals surface area contributed by atoms with Crippen molar-refractivity contribution >= 4 is 21.8 Å². The fraction of sp³-hybridized carbons (Fsp3) is 0. The summed E-state index contributed by atoms with van der Waals surface area (Å²) in [5, 5.41) is 13.4. The summed E-state index contributed by atoms with van der Waals surface area (Å²) in [6.45, 7) is 0. The van der Waals surface area contributed by atoms with E-state index < -0.39 is 0 Å².